The van der Waals surface area contributed by atoms with E-state index in [2.05, 4.69) is 15.6 Å². The molecule has 0 aromatic heterocycles. The summed E-state index contributed by atoms with van der Waals surface area (Å²) in [6.07, 6.45) is -3.94. The number of hydrogen-bond donors (Lipinski definition) is 3. The van der Waals surface area contributed by atoms with Gasteiger partial charge < -0.3 is 16.0 Å². The van der Waals surface area contributed by atoms with Gasteiger partial charge in [0.25, 0.3) is 0 Å². The summed E-state index contributed by atoms with van der Waals surface area (Å²) < 4.78 is 39.3. The fourth-order valence-corrected chi connectivity index (χ4v) is 3.32. The monoisotopic (exact) mass is 411 g/mol. The molecule has 0 bridgehead atoms. The number of amides is 3. The standard InChI is InChI=1S/C18H20F3N5O3/c19-18(20,21)11-3-1-2-4-12(11)23-16(29)13-9-14(27)25-17(24-13)26-7-5-10(6-8-26)15(22)28/h1-4,10,13H,5-9H2,(H2,22,28)(H,23,29)(H,24,25,27)/t13-/m0/s1. The Hall–Kier alpha value is -3.11. The summed E-state index contributed by atoms with van der Waals surface area (Å²) in [7, 11) is 0. The lowest BCUT2D eigenvalue weighted by molar-refractivity contribution is -0.137. The van der Waals surface area contributed by atoms with E-state index >= 15 is 0 Å². The maximum absolute atomic E-state index is 13.1. The predicted octanol–water partition coefficient (Wildman–Crippen LogP) is 1.09. The Morgan fingerprint density at radius 3 is 2.48 bits per heavy atom. The summed E-state index contributed by atoms with van der Waals surface area (Å²) in [5.74, 6) is -1.74. The molecule has 1 saturated heterocycles. The Morgan fingerprint density at radius 2 is 1.86 bits per heavy atom. The number of guanidine groups is 1. The van der Waals surface area contributed by atoms with Gasteiger partial charge in [0.05, 0.1) is 17.7 Å². The van der Waals surface area contributed by atoms with E-state index in [4.69, 9.17) is 5.73 Å². The van der Waals surface area contributed by atoms with Crippen LogP contribution in [0.1, 0.15) is 24.8 Å². The van der Waals surface area contributed by atoms with E-state index in [9.17, 15) is 27.6 Å². The first-order valence-corrected chi connectivity index (χ1v) is 9.04. The smallest absolute Gasteiger partial charge is 0.369 e. The van der Waals surface area contributed by atoms with Crippen molar-refractivity contribution in [2.45, 2.75) is 31.5 Å². The number of rotatable bonds is 3. The second-order valence-corrected chi connectivity index (χ2v) is 6.92. The van der Waals surface area contributed by atoms with E-state index in [1.807, 2.05) is 0 Å². The van der Waals surface area contributed by atoms with Crippen LogP contribution in [0.3, 0.4) is 0 Å². The SMILES string of the molecule is NC(=O)C1CCN(C2=N[C@H](C(=O)Nc3ccccc3C(F)(F)F)CC(=O)N2)CC1. The van der Waals surface area contributed by atoms with Crippen molar-refractivity contribution >= 4 is 29.4 Å². The molecular weight excluding hydrogens is 391 g/mol. The molecular formula is C18H20F3N5O3. The average molecular weight is 411 g/mol. The number of nitrogens with one attached hydrogen (secondary N) is 2. The lowest BCUT2D eigenvalue weighted by atomic mass is 9.96. The fraction of sp³-hybridized carbons (Fsp3) is 0.444. The van der Waals surface area contributed by atoms with Crippen LogP contribution in [0, 0.1) is 5.92 Å². The number of benzene rings is 1. The molecule has 2 heterocycles. The predicted molar refractivity (Wildman–Crippen MR) is 97.5 cm³/mol. The number of carbonyl (C=O) groups excluding carboxylic acids is 3. The summed E-state index contributed by atoms with van der Waals surface area (Å²) >= 11 is 0. The summed E-state index contributed by atoms with van der Waals surface area (Å²) in [4.78, 5) is 41.8. The van der Waals surface area contributed by atoms with E-state index < -0.39 is 35.3 Å². The molecule has 3 amide bonds. The molecule has 1 atom stereocenters. The maximum atomic E-state index is 13.1. The van der Waals surface area contributed by atoms with Crippen LogP contribution < -0.4 is 16.4 Å². The highest BCUT2D eigenvalue weighted by Crippen LogP contribution is 2.34. The molecule has 4 N–H and O–H groups in total. The van der Waals surface area contributed by atoms with Gasteiger partial charge in [-0.2, -0.15) is 13.2 Å². The topological polar surface area (TPSA) is 117 Å². The molecule has 2 aliphatic rings. The van der Waals surface area contributed by atoms with Crippen LogP contribution in [0.25, 0.3) is 0 Å². The normalized spacial score (nSPS) is 20.7. The van der Waals surface area contributed by atoms with E-state index in [1.54, 1.807) is 4.90 Å². The minimum Gasteiger partial charge on any atom is -0.369 e. The third-order valence-corrected chi connectivity index (χ3v) is 4.90. The number of anilines is 1. The first kappa shape index (κ1) is 20.6. The molecule has 1 aromatic rings. The average Bonchev–Trinajstić information content (AvgIpc) is 2.67. The third-order valence-electron chi connectivity index (χ3n) is 4.90. The van der Waals surface area contributed by atoms with Crippen molar-refractivity contribution in [2.24, 2.45) is 16.6 Å². The molecule has 8 nitrogen and oxygen atoms in total. The zero-order valence-corrected chi connectivity index (χ0v) is 15.3. The fourth-order valence-electron chi connectivity index (χ4n) is 3.32. The van der Waals surface area contributed by atoms with Crippen LogP contribution in [-0.2, 0) is 20.6 Å². The maximum Gasteiger partial charge on any atom is 0.418 e. The number of hydrogen-bond acceptors (Lipinski definition) is 5. The number of likely N-dealkylation sites (tertiary alicyclic amines) is 1. The second kappa shape index (κ2) is 8.10. The first-order valence-electron chi connectivity index (χ1n) is 9.04. The van der Waals surface area contributed by atoms with E-state index in [-0.39, 0.29) is 24.2 Å². The van der Waals surface area contributed by atoms with Crippen molar-refractivity contribution < 1.29 is 27.6 Å². The molecule has 0 saturated carbocycles. The highest BCUT2D eigenvalue weighted by Gasteiger charge is 2.35. The molecule has 2 aliphatic heterocycles. The highest BCUT2D eigenvalue weighted by atomic mass is 19.4. The van der Waals surface area contributed by atoms with Gasteiger partial charge >= 0.3 is 6.18 Å². The molecule has 0 aliphatic carbocycles. The lowest BCUT2D eigenvalue weighted by Gasteiger charge is -2.34. The highest BCUT2D eigenvalue weighted by molar-refractivity contribution is 6.06. The van der Waals surface area contributed by atoms with Gasteiger partial charge in [0.2, 0.25) is 23.7 Å². The number of piperidine rings is 1. The third kappa shape index (κ3) is 4.84. The Labute approximate surface area is 164 Å². The number of alkyl halides is 3. The molecule has 0 spiro atoms. The molecule has 156 valence electrons. The number of primary amides is 1. The molecule has 1 aromatic carbocycles. The van der Waals surface area contributed by atoms with Crippen LogP contribution in [0.5, 0.6) is 0 Å². The Kier molecular flexibility index (Phi) is 5.76. The van der Waals surface area contributed by atoms with Gasteiger partial charge in [0.15, 0.2) is 0 Å². The Bertz CT molecular complexity index is 847. The van der Waals surface area contributed by atoms with Gasteiger partial charge in [0, 0.05) is 19.0 Å². The zero-order chi connectivity index (χ0) is 21.2. The lowest BCUT2D eigenvalue weighted by Crippen LogP contribution is -2.53. The summed E-state index contributed by atoms with van der Waals surface area (Å²) in [6, 6.07) is 3.44. The minimum atomic E-state index is -4.63. The summed E-state index contributed by atoms with van der Waals surface area (Å²) in [6.45, 7) is 0.829. The van der Waals surface area contributed by atoms with Gasteiger partial charge in [-0.15, -0.1) is 0 Å². The quantitative estimate of drug-likeness (QED) is 0.690. The van der Waals surface area contributed by atoms with E-state index in [0.29, 0.717) is 25.9 Å². The molecule has 1 fully saturated rings. The first-order chi connectivity index (χ1) is 13.6. The summed E-state index contributed by atoms with van der Waals surface area (Å²) in [5, 5.41) is 4.80. The van der Waals surface area contributed by atoms with Crippen molar-refractivity contribution in [1.82, 2.24) is 10.2 Å². The van der Waals surface area contributed by atoms with Crippen molar-refractivity contribution in [3.05, 3.63) is 29.8 Å². The number of carbonyl (C=O) groups is 3. The number of nitrogens with zero attached hydrogens (tertiary/aromatic N) is 2. The Balaban J connectivity index is 1.73. The largest absolute Gasteiger partial charge is 0.418 e. The molecule has 3 rings (SSSR count). The van der Waals surface area contributed by atoms with Gasteiger partial charge in [-0.25, -0.2) is 4.99 Å². The number of para-hydroxylation sites is 1. The van der Waals surface area contributed by atoms with Crippen LogP contribution in [0.15, 0.2) is 29.3 Å². The van der Waals surface area contributed by atoms with Crippen LogP contribution in [0.2, 0.25) is 0 Å². The van der Waals surface area contributed by atoms with Gasteiger partial charge in [-0.3, -0.25) is 19.7 Å². The van der Waals surface area contributed by atoms with Crippen molar-refractivity contribution in [2.75, 3.05) is 18.4 Å². The van der Waals surface area contributed by atoms with Gasteiger partial charge in [-0.1, -0.05) is 12.1 Å². The number of halogens is 3. The van der Waals surface area contributed by atoms with Crippen molar-refractivity contribution in [3.8, 4) is 0 Å². The van der Waals surface area contributed by atoms with E-state index in [0.717, 1.165) is 12.1 Å². The minimum absolute atomic E-state index is 0.174. The zero-order valence-electron chi connectivity index (χ0n) is 15.3. The van der Waals surface area contributed by atoms with E-state index in [1.165, 1.54) is 12.1 Å². The van der Waals surface area contributed by atoms with Crippen LogP contribution in [0.4, 0.5) is 18.9 Å². The van der Waals surface area contributed by atoms with Crippen LogP contribution >= 0.6 is 0 Å². The second-order valence-electron chi connectivity index (χ2n) is 6.92. The Morgan fingerprint density at radius 1 is 1.21 bits per heavy atom. The van der Waals surface area contributed by atoms with Gasteiger partial charge in [0.1, 0.15) is 6.04 Å². The van der Waals surface area contributed by atoms with Crippen molar-refractivity contribution in [1.29, 1.82) is 0 Å². The van der Waals surface area contributed by atoms with Crippen LogP contribution in [-0.4, -0.2) is 47.7 Å². The molecule has 29 heavy (non-hydrogen) atoms. The molecule has 0 unspecified atom stereocenters. The summed E-state index contributed by atoms with van der Waals surface area (Å²) in [5.41, 5.74) is 3.93. The molecule has 11 heteroatoms. The van der Waals surface area contributed by atoms with Gasteiger partial charge in [-0.05, 0) is 25.0 Å². The molecule has 0 radical (unpaired) electrons. The number of nitrogens with two attached hydrogens (primary N) is 1. The van der Waals surface area contributed by atoms with Crippen molar-refractivity contribution in [3.63, 3.8) is 0 Å². The number of aliphatic imine (C=N–C) groups is 1.